The van der Waals surface area contributed by atoms with Crippen molar-refractivity contribution in [3.63, 3.8) is 0 Å². The molecule has 0 bridgehead atoms. The molecule has 4 heteroatoms. The molecule has 0 aliphatic heterocycles. The standard InChI is InChI=1S/C17H24O4/c1-4-5-6-11-15(12(2)3)21-17(20)14-10-8-7-9-13(14)16(18)19/h7-10,12,15H,4-6,11H2,1-3H3,(H,18,19)/t15-/m0/s1. The molecular formula is C17H24O4. The summed E-state index contributed by atoms with van der Waals surface area (Å²) in [6, 6.07) is 6.15. The largest absolute Gasteiger partial charge is 0.478 e. The minimum absolute atomic E-state index is 0.0152. The van der Waals surface area contributed by atoms with Crippen molar-refractivity contribution in [3.05, 3.63) is 35.4 Å². The highest BCUT2D eigenvalue weighted by Crippen LogP contribution is 2.18. The van der Waals surface area contributed by atoms with E-state index in [4.69, 9.17) is 9.84 Å². The molecule has 0 aliphatic carbocycles. The maximum absolute atomic E-state index is 12.2. The Labute approximate surface area is 126 Å². The monoisotopic (exact) mass is 292 g/mol. The minimum atomic E-state index is -1.12. The van der Waals surface area contributed by atoms with E-state index < -0.39 is 11.9 Å². The number of esters is 1. The molecule has 0 saturated heterocycles. The first-order valence-electron chi connectivity index (χ1n) is 7.50. The molecule has 0 fully saturated rings. The van der Waals surface area contributed by atoms with Crippen LogP contribution in [0.2, 0.25) is 0 Å². The van der Waals surface area contributed by atoms with E-state index >= 15 is 0 Å². The number of carbonyl (C=O) groups is 2. The molecule has 0 saturated carbocycles. The smallest absolute Gasteiger partial charge is 0.339 e. The van der Waals surface area contributed by atoms with E-state index in [1.807, 2.05) is 13.8 Å². The van der Waals surface area contributed by atoms with E-state index in [0.29, 0.717) is 0 Å². The van der Waals surface area contributed by atoms with Crippen LogP contribution < -0.4 is 0 Å². The van der Waals surface area contributed by atoms with Crippen molar-refractivity contribution < 1.29 is 19.4 Å². The predicted octanol–water partition coefficient (Wildman–Crippen LogP) is 4.15. The van der Waals surface area contributed by atoms with Gasteiger partial charge in [0.25, 0.3) is 0 Å². The molecular weight excluding hydrogens is 268 g/mol. The van der Waals surface area contributed by atoms with E-state index in [1.165, 1.54) is 12.1 Å². The van der Waals surface area contributed by atoms with Gasteiger partial charge in [-0.25, -0.2) is 9.59 Å². The molecule has 0 aromatic heterocycles. The Morgan fingerprint density at radius 1 is 1.14 bits per heavy atom. The van der Waals surface area contributed by atoms with Gasteiger partial charge in [-0.1, -0.05) is 45.7 Å². The number of ether oxygens (including phenoxy) is 1. The molecule has 1 rings (SSSR count). The molecule has 0 amide bonds. The predicted molar refractivity (Wildman–Crippen MR) is 81.6 cm³/mol. The van der Waals surface area contributed by atoms with Gasteiger partial charge in [-0.2, -0.15) is 0 Å². The molecule has 1 aromatic rings. The average Bonchev–Trinajstić information content (AvgIpc) is 2.46. The Hall–Kier alpha value is -1.84. The van der Waals surface area contributed by atoms with Crippen molar-refractivity contribution in [2.24, 2.45) is 5.92 Å². The summed E-state index contributed by atoms with van der Waals surface area (Å²) in [6.07, 6.45) is 3.86. The van der Waals surface area contributed by atoms with Crippen LogP contribution in [-0.2, 0) is 4.74 Å². The van der Waals surface area contributed by atoms with Gasteiger partial charge in [0.15, 0.2) is 0 Å². The fourth-order valence-corrected chi connectivity index (χ4v) is 2.17. The van der Waals surface area contributed by atoms with Crippen LogP contribution >= 0.6 is 0 Å². The maximum Gasteiger partial charge on any atom is 0.339 e. The van der Waals surface area contributed by atoms with Crippen LogP contribution in [0.15, 0.2) is 24.3 Å². The average molecular weight is 292 g/mol. The Bertz CT molecular complexity index is 479. The molecule has 0 unspecified atom stereocenters. The van der Waals surface area contributed by atoms with E-state index in [0.717, 1.165) is 25.7 Å². The molecule has 21 heavy (non-hydrogen) atoms. The van der Waals surface area contributed by atoms with E-state index in [1.54, 1.807) is 12.1 Å². The minimum Gasteiger partial charge on any atom is -0.478 e. The van der Waals surface area contributed by atoms with Crippen molar-refractivity contribution in [3.8, 4) is 0 Å². The van der Waals surface area contributed by atoms with Gasteiger partial charge in [-0.3, -0.25) is 0 Å². The molecule has 116 valence electrons. The van der Waals surface area contributed by atoms with Crippen LogP contribution in [0.4, 0.5) is 0 Å². The summed E-state index contributed by atoms with van der Waals surface area (Å²) in [5, 5.41) is 9.12. The van der Waals surface area contributed by atoms with E-state index in [-0.39, 0.29) is 23.1 Å². The van der Waals surface area contributed by atoms with Crippen molar-refractivity contribution in [2.75, 3.05) is 0 Å². The molecule has 0 spiro atoms. The molecule has 1 N–H and O–H groups in total. The molecule has 1 aromatic carbocycles. The highest BCUT2D eigenvalue weighted by atomic mass is 16.5. The first-order chi connectivity index (χ1) is 9.97. The quantitative estimate of drug-likeness (QED) is 0.577. The highest BCUT2D eigenvalue weighted by molar-refractivity contribution is 6.02. The van der Waals surface area contributed by atoms with Gasteiger partial charge in [0.05, 0.1) is 11.1 Å². The maximum atomic E-state index is 12.2. The fourth-order valence-electron chi connectivity index (χ4n) is 2.17. The van der Waals surface area contributed by atoms with Gasteiger partial charge in [-0.05, 0) is 30.9 Å². The zero-order valence-electron chi connectivity index (χ0n) is 13.0. The van der Waals surface area contributed by atoms with Crippen LogP contribution in [0.3, 0.4) is 0 Å². The van der Waals surface area contributed by atoms with Gasteiger partial charge >= 0.3 is 11.9 Å². The van der Waals surface area contributed by atoms with Gasteiger partial charge in [0, 0.05) is 0 Å². The number of unbranched alkanes of at least 4 members (excludes halogenated alkanes) is 2. The zero-order valence-corrected chi connectivity index (χ0v) is 13.0. The van der Waals surface area contributed by atoms with Crippen LogP contribution in [0.1, 0.15) is 67.2 Å². The fraction of sp³-hybridized carbons (Fsp3) is 0.529. The van der Waals surface area contributed by atoms with E-state index in [9.17, 15) is 9.59 Å². The lowest BCUT2D eigenvalue weighted by Gasteiger charge is -2.21. The van der Waals surface area contributed by atoms with Gasteiger partial charge in [0.1, 0.15) is 6.10 Å². The number of aromatic carboxylic acids is 1. The summed E-state index contributed by atoms with van der Waals surface area (Å²) in [4.78, 5) is 23.4. The summed E-state index contributed by atoms with van der Waals surface area (Å²) in [7, 11) is 0. The first-order valence-corrected chi connectivity index (χ1v) is 7.50. The Kier molecular flexibility index (Phi) is 6.92. The van der Waals surface area contributed by atoms with Crippen molar-refractivity contribution >= 4 is 11.9 Å². The van der Waals surface area contributed by atoms with Crippen molar-refractivity contribution in [1.29, 1.82) is 0 Å². The van der Waals surface area contributed by atoms with Gasteiger partial charge < -0.3 is 9.84 Å². The van der Waals surface area contributed by atoms with Crippen molar-refractivity contribution in [1.82, 2.24) is 0 Å². The van der Waals surface area contributed by atoms with Gasteiger partial charge in [0.2, 0.25) is 0 Å². The number of hydrogen-bond acceptors (Lipinski definition) is 3. The number of hydrogen-bond donors (Lipinski definition) is 1. The Morgan fingerprint density at radius 3 is 2.29 bits per heavy atom. The number of benzene rings is 1. The summed E-state index contributed by atoms with van der Waals surface area (Å²) < 4.78 is 5.53. The highest BCUT2D eigenvalue weighted by Gasteiger charge is 2.22. The normalized spacial score (nSPS) is 12.2. The third-order valence-corrected chi connectivity index (χ3v) is 3.47. The Balaban J connectivity index is 2.80. The second kappa shape index (κ2) is 8.45. The van der Waals surface area contributed by atoms with Crippen molar-refractivity contribution in [2.45, 2.75) is 52.6 Å². The second-order valence-electron chi connectivity index (χ2n) is 5.53. The lowest BCUT2D eigenvalue weighted by atomic mass is 10.0. The Morgan fingerprint density at radius 2 is 1.76 bits per heavy atom. The van der Waals surface area contributed by atoms with E-state index in [2.05, 4.69) is 6.92 Å². The summed E-state index contributed by atoms with van der Waals surface area (Å²) in [5.74, 6) is -1.46. The first kappa shape index (κ1) is 17.2. The number of carbonyl (C=O) groups excluding carboxylic acids is 1. The molecule has 0 radical (unpaired) electrons. The topological polar surface area (TPSA) is 63.6 Å². The lowest BCUT2D eigenvalue weighted by molar-refractivity contribution is 0.0148. The SMILES string of the molecule is CCCCC[C@H](OC(=O)c1ccccc1C(=O)O)C(C)C. The third kappa shape index (κ3) is 5.21. The van der Waals surface area contributed by atoms with Crippen LogP contribution in [0, 0.1) is 5.92 Å². The van der Waals surface area contributed by atoms with Crippen LogP contribution in [0.25, 0.3) is 0 Å². The van der Waals surface area contributed by atoms with Crippen LogP contribution in [-0.4, -0.2) is 23.1 Å². The molecule has 0 heterocycles. The molecule has 4 nitrogen and oxygen atoms in total. The van der Waals surface area contributed by atoms with Gasteiger partial charge in [-0.15, -0.1) is 0 Å². The second-order valence-corrected chi connectivity index (χ2v) is 5.53. The molecule has 1 atom stereocenters. The summed E-state index contributed by atoms with van der Waals surface area (Å²) in [6.45, 7) is 6.14. The molecule has 0 aliphatic rings. The summed E-state index contributed by atoms with van der Waals surface area (Å²) >= 11 is 0. The third-order valence-electron chi connectivity index (χ3n) is 3.47. The number of rotatable bonds is 8. The number of carboxylic acids is 1. The summed E-state index contributed by atoms with van der Waals surface area (Å²) in [5.41, 5.74) is 0.102. The lowest BCUT2D eigenvalue weighted by Crippen LogP contribution is -2.24. The number of carboxylic acid groups (broad SMARTS) is 1. The zero-order chi connectivity index (χ0) is 15.8. The van der Waals surface area contributed by atoms with Crippen LogP contribution in [0.5, 0.6) is 0 Å².